The Balaban J connectivity index is 2.46. The van der Waals surface area contributed by atoms with Crippen LogP contribution >= 0.6 is 0 Å². The van der Waals surface area contributed by atoms with E-state index in [1.807, 2.05) is 13.1 Å². The average Bonchev–Trinajstić information content (AvgIpc) is 2.66. The molecular formula is C26H29N. The second-order valence-electron chi connectivity index (χ2n) is 7.26. The van der Waals surface area contributed by atoms with Gasteiger partial charge < -0.3 is 5.32 Å². The van der Waals surface area contributed by atoms with E-state index < -0.39 is 0 Å². The summed E-state index contributed by atoms with van der Waals surface area (Å²) < 4.78 is 0. The largest absolute Gasteiger partial charge is 0.316 e. The van der Waals surface area contributed by atoms with Gasteiger partial charge in [0.1, 0.15) is 0 Å². The van der Waals surface area contributed by atoms with Crippen molar-refractivity contribution in [1.82, 2.24) is 5.32 Å². The van der Waals surface area contributed by atoms with Crippen LogP contribution in [0.3, 0.4) is 0 Å². The summed E-state index contributed by atoms with van der Waals surface area (Å²) in [5.74, 6) is 0. The first-order valence-electron chi connectivity index (χ1n) is 9.56. The smallest absolute Gasteiger partial charge is 0.0214 e. The molecule has 0 aliphatic rings. The first-order chi connectivity index (χ1) is 13.0. The van der Waals surface area contributed by atoms with Gasteiger partial charge in [-0.05, 0) is 90.4 Å². The van der Waals surface area contributed by atoms with Crippen molar-refractivity contribution < 1.29 is 0 Å². The van der Waals surface area contributed by atoms with Crippen molar-refractivity contribution >= 4 is 6.08 Å². The van der Waals surface area contributed by atoms with E-state index in [1.54, 1.807) is 0 Å². The predicted octanol–water partition coefficient (Wildman–Crippen LogP) is 6.62. The number of nitrogens with one attached hydrogen (secondary N) is 1. The van der Waals surface area contributed by atoms with Crippen LogP contribution in [0.25, 0.3) is 28.3 Å². The van der Waals surface area contributed by atoms with Crippen LogP contribution in [-0.2, 0) is 6.54 Å². The van der Waals surface area contributed by atoms with E-state index in [9.17, 15) is 0 Å². The maximum absolute atomic E-state index is 4.19. The van der Waals surface area contributed by atoms with Gasteiger partial charge in [0.15, 0.2) is 0 Å². The van der Waals surface area contributed by atoms with Gasteiger partial charge >= 0.3 is 0 Å². The van der Waals surface area contributed by atoms with Crippen molar-refractivity contribution in [2.45, 2.75) is 34.2 Å². The van der Waals surface area contributed by atoms with Crippen molar-refractivity contribution in [1.29, 1.82) is 0 Å². The van der Waals surface area contributed by atoms with Crippen molar-refractivity contribution in [3.8, 4) is 22.3 Å². The van der Waals surface area contributed by atoms with Crippen LogP contribution in [0.5, 0.6) is 0 Å². The molecule has 3 aromatic rings. The second-order valence-corrected chi connectivity index (χ2v) is 7.26. The van der Waals surface area contributed by atoms with Crippen molar-refractivity contribution in [2.75, 3.05) is 7.05 Å². The summed E-state index contributed by atoms with van der Waals surface area (Å²) in [5.41, 5.74) is 13.1. The summed E-state index contributed by atoms with van der Waals surface area (Å²) in [6.07, 6.45) is 2.03. The third kappa shape index (κ3) is 3.36. The Morgan fingerprint density at radius 2 is 1.26 bits per heavy atom. The predicted molar refractivity (Wildman–Crippen MR) is 119 cm³/mol. The van der Waals surface area contributed by atoms with E-state index in [2.05, 4.69) is 88.1 Å². The quantitative estimate of drug-likeness (QED) is 0.542. The molecule has 27 heavy (non-hydrogen) atoms. The highest BCUT2D eigenvalue weighted by atomic mass is 14.8. The molecule has 0 aromatic heterocycles. The van der Waals surface area contributed by atoms with Crippen molar-refractivity contribution in [3.63, 3.8) is 0 Å². The molecule has 3 rings (SSSR count). The SMILES string of the molecule is C=Cc1c(CNC)c(-c2ccccc2C)c(C)c(C)c1-c1ccccc1C. The zero-order chi connectivity index (χ0) is 19.6. The molecule has 1 N–H and O–H groups in total. The van der Waals surface area contributed by atoms with E-state index in [4.69, 9.17) is 0 Å². The maximum atomic E-state index is 4.19. The van der Waals surface area contributed by atoms with Gasteiger partial charge in [-0.15, -0.1) is 0 Å². The van der Waals surface area contributed by atoms with Crippen LogP contribution in [0, 0.1) is 27.7 Å². The van der Waals surface area contributed by atoms with Crippen LogP contribution in [-0.4, -0.2) is 7.05 Å². The minimum atomic E-state index is 0.811. The molecule has 0 spiro atoms. The van der Waals surface area contributed by atoms with Crippen LogP contribution in [0.2, 0.25) is 0 Å². The number of aryl methyl sites for hydroxylation is 2. The van der Waals surface area contributed by atoms with E-state index in [1.165, 1.54) is 55.6 Å². The summed E-state index contributed by atoms with van der Waals surface area (Å²) in [6.45, 7) is 13.9. The molecule has 0 aliphatic carbocycles. The fourth-order valence-corrected chi connectivity index (χ4v) is 4.09. The zero-order valence-corrected chi connectivity index (χ0v) is 17.1. The molecule has 0 fully saturated rings. The van der Waals surface area contributed by atoms with Gasteiger partial charge in [0.05, 0.1) is 0 Å². The van der Waals surface area contributed by atoms with Gasteiger partial charge in [0.25, 0.3) is 0 Å². The van der Waals surface area contributed by atoms with Crippen LogP contribution in [0.1, 0.15) is 33.4 Å². The van der Waals surface area contributed by atoms with Gasteiger partial charge in [-0.3, -0.25) is 0 Å². The van der Waals surface area contributed by atoms with Crippen LogP contribution in [0.15, 0.2) is 55.1 Å². The Kier molecular flexibility index (Phi) is 5.62. The normalized spacial score (nSPS) is 10.9. The van der Waals surface area contributed by atoms with Gasteiger partial charge in [-0.1, -0.05) is 61.2 Å². The average molecular weight is 356 g/mol. The van der Waals surface area contributed by atoms with E-state index >= 15 is 0 Å². The second kappa shape index (κ2) is 7.94. The number of rotatable bonds is 5. The van der Waals surface area contributed by atoms with Gasteiger partial charge in [0.2, 0.25) is 0 Å². The lowest BCUT2D eigenvalue weighted by Gasteiger charge is -2.25. The Morgan fingerprint density at radius 3 is 1.74 bits per heavy atom. The topological polar surface area (TPSA) is 12.0 Å². The Bertz CT molecular complexity index is 995. The summed E-state index contributed by atoms with van der Waals surface area (Å²) >= 11 is 0. The number of hydrogen-bond acceptors (Lipinski definition) is 1. The van der Waals surface area contributed by atoms with Gasteiger partial charge in [0, 0.05) is 6.54 Å². The molecular weight excluding hydrogens is 326 g/mol. The standard InChI is InChI=1S/C26H29N/c1-7-21-24(16-27-6)26(23-15-11-9-13-18(23)3)20(5)19(4)25(21)22-14-10-8-12-17(22)2/h7-15,27H,1,16H2,2-6H3. The van der Waals surface area contributed by atoms with Crippen molar-refractivity contribution in [3.05, 3.63) is 88.5 Å². The van der Waals surface area contributed by atoms with Gasteiger partial charge in [-0.25, -0.2) is 0 Å². The lowest BCUT2D eigenvalue weighted by molar-refractivity contribution is 0.816. The molecule has 0 aliphatic heterocycles. The molecule has 1 heteroatoms. The van der Waals surface area contributed by atoms with Crippen molar-refractivity contribution in [2.24, 2.45) is 0 Å². The first-order valence-corrected chi connectivity index (χ1v) is 9.56. The molecule has 1 nitrogen and oxygen atoms in total. The molecule has 0 bridgehead atoms. The molecule has 138 valence electrons. The van der Waals surface area contributed by atoms with Gasteiger partial charge in [-0.2, -0.15) is 0 Å². The molecule has 0 saturated carbocycles. The highest BCUT2D eigenvalue weighted by molar-refractivity contribution is 5.89. The number of hydrogen-bond donors (Lipinski definition) is 1. The molecule has 3 aromatic carbocycles. The fraction of sp³-hybridized carbons (Fsp3) is 0.231. The minimum Gasteiger partial charge on any atom is -0.316 e. The van der Waals surface area contributed by atoms with E-state index in [0.29, 0.717) is 0 Å². The Hall–Kier alpha value is -2.64. The molecule has 0 unspecified atom stereocenters. The summed E-state index contributed by atoms with van der Waals surface area (Å²) in [7, 11) is 2.01. The lowest BCUT2D eigenvalue weighted by atomic mass is 9.80. The van der Waals surface area contributed by atoms with E-state index in [-0.39, 0.29) is 0 Å². The molecule has 0 radical (unpaired) electrons. The fourth-order valence-electron chi connectivity index (χ4n) is 4.09. The lowest BCUT2D eigenvalue weighted by Crippen LogP contribution is -2.12. The molecule has 0 atom stereocenters. The molecule has 0 saturated heterocycles. The molecule has 0 heterocycles. The third-order valence-electron chi connectivity index (χ3n) is 5.60. The summed E-state index contributed by atoms with van der Waals surface area (Å²) in [4.78, 5) is 0. The minimum absolute atomic E-state index is 0.811. The highest BCUT2D eigenvalue weighted by Gasteiger charge is 2.21. The monoisotopic (exact) mass is 355 g/mol. The molecule has 0 amide bonds. The Labute approximate surface area is 163 Å². The summed E-state index contributed by atoms with van der Waals surface area (Å²) in [5, 5.41) is 3.38. The highest BCUT2D eigenvalue weighted by Crippen LogP contribution is 2.42. The van der Waals surface area contributed by atoms with E-state index in [0.717, 1.165) is 6.54 Å². The summed E-state index contributed by atoms with van der Waals surface area (Å²) in [6, 6.07) is 17.3. The third-order valence-corrected chi connectivity index (χ3v) is 5.60. The maximum Gasteiger partial charge on any atom is 0.0214 e. The van der Waals surface area contributed by atoms with Crippen LogP contribution < -0.4 is 5.32 Å². The zero-order valence-electron chi connectivity index (χ0n) is 17.1. The Morgan fingerprint density at radius 1 is 0.778 bits per heavy atom. The van der Waals surface area contributed by atoms with Crippen LogP contribution in [0.4, 0.5) is 0 Å². The number of benzene rings is 3. The first kappa shape index (κ1) is 19.1.